The second-order valence-electron chi connectivity index (χ2n) is 7.23. The van der Waals surface area contributed by atoms with Crippen molar-refractivity contribution in [1.29, 1.82) is 0 Å². The van der Waals surface area contributed by atoms with Crippen LogP contribution in [-0.4, -0.2) is 37.9 Å². The Labute approximate surface area is 198 Å². The highest BCUT2D eigenvalue weighted by Crippen LogP contribution is 2.17. The quantitative estimate of drug-likeness (QED) is 0.293. The molecular weight excluding hydrogens is 432 g/mol. The maximum absolute atomic E-state index is 12.7. The maximum atomic E-state index is 12.7. The van der Waals surface area contributed by atoms with E-state index in [4.69, 9.17) is 15.9 Å². The third-order valence-corrected chi connectivity index (χ3v) is 4.91. The zero-order valence-corrected chi connectivity index (χ0v) is 18.7. The minimum atomic E-state index is -0.781. The maximum Gasteiger partial charge on any atom is 0.313 e. The zero-order valence-electron chi connectivity index (χ0n) is 18.7. The highest BCUT2D eigenvalue weighted by Gasteiger charge is 2.14. The molecule has 2 N–H and O–H groups in total. The number of anilines is 1. The smallest absolute Gasteiger partial charge is 0.313 e. The third-order valence-electron chi connectivity index (χ3n) is 4.91. The number of ketones is 1. The number of ether oxygens (including phenoxy) is 2. The molecule has 0 atom stereocenters. The van der Waals surface area contributed by atoms with Crippen LogP contribution in [0.5, 0.6) is 11.5 Å². The first-order valence-electron chi connectivity index (χ1n) is 10.5. The van der Waals surface area contributed by atoms with Crippen LogP contribution in [0.2, 0.25) is 0 Å². The second kappa shape index (κ2) is 11.9. The third kappa shape index (κ3) is 6.71. The van der Waals surface area contributed by atoms with Gasteiger partial charge in [-0.2, -0.15) is 0 Å². The fourth-order valence-corrected chi connectivity index (χ4v) is 3.08. The van der Waals surface area contributed by atoms with Gasteiger partial charge < -0.3 is 20.1 Å². The van der Waals surface area contributed by atoms with Crippen molar-refractivity contribution in [3.63, 3.8) is 0 Å². The van der Waals surface area contributed by atoms with E-state index in [-0.39, 0.29) is 12.4 Å². The van der Waals surface area contributed by atoms with Gasteiger partial charge in [0.05, 0.1) is 7.11 Å². The van der Waals surface area contributed by atoms with Gasteiger partial charge in [0, 0.05) is 23.4 Å². The van der Waals surface area contributed by atoms with E-state index in [1.54, 1.807) is 55.6 Å². The second-order valence-corrected chi connectivity index (χ2v) is 7.23. The van der Waals surface area contributed by atoms with Crippen molar-refractivity contribution in [2.75, 3.05) is 25.6 Å². The van der Waals surface area contributed by atoms with Gasteiger partial charge in [-0.15, -0.1) is 6.42 Å². The average Bonchev–Trinajstić information content (AvgIpc) is 2.88. The summed E-state index contributed by atoms with van der Waals surface area (Å²) in [4.78, 5) is 36.9. The van der Waals surface area contributed by atoms with Crippen molar-refractivity contribution in [1.82, 2.24) is 5.32 Å². The summed E-state index contributed by atoms with van der Waals surface area (Å²) < 4.78 is 10.4. The fraction of sp³-hybridized carbons (Fsp3) is 0.148. The number of hydrogen-bond acceptors (Lipinski definition) is 5. The molecule has 3 aromatic rings. The number of carbonyl (C=O) groups is 3. The summed E-state index contributed by atoms with van der Waals surface area (Å²) in [5, 5.41) is 5.12. The molecule has 7 nitrogen and oxygen atoms in total. The van der Waals surface area contributed by atoms with Crippen LogP contribution in [0.4, 0.5) is 5.69 Å². The predicted molar refractivity (Wildman–Crippen MR) is 129 cm³/mol. The summed E-state index contributed by atoms with van der Waals surface area (Å²) in [6.45, 7) is 0.472. The summed E-state index contributed by atoms with van der Waals surface area (Å²) in [7, 11) is 1.59. The number of nitrogens with one attached hydrogen (secondary N) is 2. The lowest BCUT2D eigenvalue weighted by Crippen LogP contribution is -2.36. The van der Waals surface area contributed by atoms with Crippen LogP contribution in [0.15, 0.2) is 72.8 Å². The average molecular weight is 456 g/mol. The lowest BCUT2D eigenvalue weighted by atomic mass is 10.0. The highest BCUT2D eigenvalue weighted by atomic mass is 16.5. The van der Waals surface area contributed by atoms with Crippen LogP contribution in [-0.2, 0) is 16.0 Å². The van der Waals surface area contributed by atoms with Crippen molar-refractivity contribution < 1.29 is 23.9 Å². The van der Waals surface area contributed by atoms with Gasteiger partial charge in [0.2, 0.25) is 0 Å². The van der Waals surface area contributed by atoms with Gasteiger partial charge in [0.1, 0.15) is 18.1 Å². The molecule has 34 heavy (non-hydrogen) atoms. The Morgan fingerprint density at radius 2 is 1.41 bits per heavy atom. The Morgan fingerprint density at radius 1 is 0.824 bits per heavy atom. The molecule has 0 radical (unpaired) electrons. The summed E-state index contributed by atoms with van der Waals surface area (Å²) in [6.07, 6.45) is 5.74. The molecule has 0 heterocycles. The first kappa shape index (κ1) is 24.1. The molecule has 0 spiro atoms. The van der Waals surface area contributed by atoms with E-state index in [1.165, 1.54) is 0 Å². The molecule has 3 rings (SSSR count). The normalized spacial score (nSPS) is 10.0. The Hall–Kier alpha value is -4.57. The van der Waals surface area contributed by atoms with Crippen molar-refractivity contribution in [3.05, 3.63) is 89.5 Å². The minimum absolute atomic E-state index is 0.154. The summed E-state index contributed by atoms with van der Waals surface area (Å²) in [5.74, 6) is 2.01. The fourth-order valence-electron chi connectivity index (χ4n) is 3.08. The Morgan fingerprint density at radius 3 is 2.00 bits per heavy atom. The molecule has 3 aromatic carbocycles. The standard InChI is InChI=1S/C27H24N2O5/c1-3-18-34-24-14-8-21(9-15-24)25(30)20-6-10-22(11-7-20)29-27(32)26(31)28-17-16-19-4-12-23(33-2)13-5-19/h1,4-15H,16-18H2,2H3,(H,28,31)(H,29,32). The molecule has 0 unspecified atom stereocenters. The van der Waals surface area contributed by atoms with E-state index in [1.807, 2.05) is 24.3 Å². The number of benzene rings is 3. The molecule has 0 aromatic heterocycles. The molecule has 0 bridgehead atoms. The van der Waals surface area contributed by atoms with Crippen molar-refractivity contribution in [3.8, 4) is 23.8 Å². The van der Waals surface area contributed by atoms with Crippen molar-refractivity contribution in [2.24, 2.45) is 0 Å². The first-order chi connectivity index (χ1) is 16.5. The van der Waals surface area contributed by atoms with Gasteiger partial charge >= 0.3 is 11.8 Å². The molecule has 0 saturated carbocycles. The zero-order chi connectivity index (χ0) is 24.3. The molecule has 2 amide bonds. The Bertz CT molecular complexity index is 1180. The van der Waals surface area contributed by atoms with E-state index < -0.39 is 11.8 Å². The van der Waals surface area contributed by atoms with Gasteiger partial charge in [-0.1, -0.05) is 18.1 Å². The number of hydrogen-bond donors (Lipinski definition) is 2. The van der Waals surface area contributed by atoms with Crippen LogP contribution in [0.1, 0.15) is 21.5 Å². The summed E-state index contributed by atoms with van der Waals surface area (Å²) in [5.41, 5.74) is 2.35. The van der Waals surface area contributed by atoms with E-state index in [9.17, 15) is 14.4 Å². The lowest BCUT2D eigenvalue weighted by Gasteiger charge is -2.08. The molecule has 0 aliphatic carbocycles. The Balaban J connectivity index is 1.49. The van der Waals surface area contributed by atoms with Gasteiger partial charge in [-0.3, -0.25) is 14.4 Å². The molecule has 7 heteroatoms. The molecule has 172 valence electrons. The predicted octanol–water partition coefficient (Wildman–Crippen LogP) is 3.24. The SMILES string of the molecule is C#CCOc1ccc(C(=O)c2ccc(NC(=O)C(=O)NCCc3ccc(OC)cc3)cc2)cc1. The van der Waals surface area contributed by atoms with Gasteiger partial charge in [-0.25, -0.2) is 0 Å². The van der Waals surface area contributed by atoms with Crippen LogP contribution in [0.3, 0.4) is 0 Å². The number of methoxy groups -OCH3 is 1. The van der Waals surface area contributed by atoms with Crippen molar-refractivity contribution >= 4 is 23.3 Å². The number of rotatable bonds is 9. The summed E-state index contributed by atoms with van der Waals surface area (Å²) in [6, 6.07) is 20.4. The molecular formula is C27H24N2O5. The molecule has 0 saturated heterocycles. The Kier molecular flexibility index (Phi) is 8.42. The largest absolute Gasteiger partial charge is 0.497 e. The highest BCUT2D eigenvalue weighted by molar-refractivity contribution is 6.39. The minimum Gasteiger partial charge on any atom is -0.497 e. The van der Waals surface area contributed by atoms with Crippen LogP contribution in [0, 0.1) is 12.3 Å². The van der Waals surface area contributed by atoms with E-state index in [0.29, 0.717) is 35.5 Å². The molecule has 0 aliphatic heterocycles. The van der Waals surface area contributed by atoms with Crippen molar-refractivity contribution in [2.45, 2.75) is 6.42 Å². The van der Waals surface area contributed by atoms with E-state index in [0.717, 1.165) is 11.3 Å². The van der Waals surface area contributed by atoms with Crippen LogP contribution >= 0.6 is 0 Å². The van der Waals surface area contributed by atoms with Crippen LogP contribution < -0.4 is 20.1 Å². The van der Waals surface area contributed by atoms with Gasteiger partial charge in [-0.05, 0) is 72.6 Å². The number of amides is 2. The summed E-state index contributed by atoms with van der Waals surface area (Å²) >= 11 is 0. The van der Waals surface area contributed by atoms with E-state index in [2.05, 4.69) is 16.6 Å². The lowest BCUT2D eigenvalue weighted by molar-refractivity contribution is -0.136. The molecule has 0 aliphatic rings. The van der Waals surface area contributed by atoms with E-state index >= 15 is 0 Å². The number of terminal acetylenes is 1. The van der Waals surface area contributed by atoms with Gasteiger partial charge in [0.25, 0.3) is 0 Å². The topological polar surface area (TPSA) is 93.7 Å². The number of carbonyl (C=O) groups excluding carboxylic acids is 3. The van der Waals surface area contributed by atoms with Gasteiger partial charge in [0.15, 0.2) is 5.78 Å². The first-order valence-corrected chi connectivity index (χ1v) is 10.5. The molecule has 0 fully saturated rings. The van der Waals surface area contributed by atoms with Crippen LogP contribution in [0.25, 0.3) is 0 Å². The monoisotopic (exact) mass is 456 g/mol.